The molecule has 1 amide bonds. The number of hydrogen-bond donors (Lipinski definition) is 5. The monoisotopic (exact) mass is 523 g/mol. The first-order valence-electron chi connectivity index (χ1n) is 11.7. The van der Waals surface area contributed by atoms with Gasteiger partial charge in [-0.05, 0) is 55.0 Å². The molecule has 0 fully saturated rings. The molecule has 0 saturated carbocycles. The van der Waals surface area contributed by atoms with Crippen molar-refractivity contribution in [2.75, 3.05) is 29.7 Å². The molecule has 1 heterocycles. The molecule has 0 aliphatic rings. The Balaban J connectivity index is 1.29. The number of aromatic nitrogens is 2. The number of carbonyl (C=O) groups is 1. The van der Waals surface area contributed by atoms with Gasteiger partial charge in [0.05, 0.1) is 22.2 Å². The van der Waals surface area contributed by atoms with Crippen LogP contribution >= 0.6 is 0 Å². The molecule has 10 nitrogen and oxygen atoms in total. The van der Waals surface area contributed by atoms with Gasteiger partial charge in [0.15, 0.2) is 0 Å². The van der Waals surface area contributed by atoms with Crippen LogP contribution in [-0.4, -0.2) is 49.3 Å². The Morgan fingerprint density at radius 1 is 1.08 bits per heavy atom. The van der Waals surface area contributed by atoms with E-state index in [4.69, 9.17) is 4.74 Å². The summed E-state index contributed by atoms with van der Waals surface area (Å²) in [5.41, 5.74) is 3.10. The summed E-state index contributed by atoms with van der Waals surface area (Å²) >= 11 is 0. The first kappa shape index (κ1) is 26.1. The van der Waals surface area contributed by atoms with Crippen molar-refractivity contribution in [1.29, 1.82) is 0 Å². The molecule has 0 saturated heterocycles. The molecule has 0 aliphatic heterocycles. The zero-order valence-electron chi connectivity index (χ0n) is 20.5. The van der Waals surface area contributed by atoms with Gasteiger partial charge in [0, 0.05) is 42.8 Å². The minimum atomic E-state index is -3.90. The van der Waals surface area contributed by atoms with Crippen LogP contribution in [0.25, 0.3) is 10.9 Å². The highest BCUT2D eigenvalue weighted by atomic mass is 32.2. The van der Waals surface area contributed by atoms with E-state index in [1.54, 1.807) is 36.4 Å². The first-order chi connectivity index (χ1) is 17.7. The second-order valence-electron chi connectivity index (χ2n) is 8.52. The number of carbonyl (C=O) groups excluding carboxylic acids is 1. The molecule has 4 aromatic rings. The molecule has 1 atom stereocenters. The zero-order chi connectivity index (χ0) is 26.4. The van der Waals surface area contributed by atoms with Crippen molar-refractivity contribution in [2.24, 2.45) is 0 Å². The van der Waals surface area contributed by atoms with E-state index in [0.717, 1.165) is 22.3 Å². The molecule has 5 N–H and O–H groups in total. The number of sulfonamides is 1. The fraction of sp³-hybridized carbons (Fsp3) is 0.231. The van der Waals surface area contributed by atoms with E-state index in [1.165, 1.54) is 19.1 Å². The summed E-state index contributed by atoms with van der Waals surface area (Å²) in [5, 5.41) is 24.5. The second-order valence-corrected chi connectivity index (χ2v) is 10.2. The number of hydrogen-bond acceptors (Lipinski definition) is 7. The van der Waals surface area contributed by atoms with Gasteiger partial charge in [0.25, 0.3) is 10.0 Å². The third-order valence-corrected chi connectivity index (χ3v) is 6.98. The molecule has 11 heteroatoms. The van der Waals surface area contributed by atoms with Gasteiger partial charge >= 0.3 is 0 Å². The third kappa shape index (κ3) is 6.85. The number of ether oxygens (including phenoxy) is 1. The number of benzene rings is 3. The summed E-state index contributed by atoms with van der Waals surface area (Å²) in [4.78, 5) is 11.3. The Morgan fingerprint density at radius 3 is 2.68 bits per heavy atom. The van der Waals surface area contributed by atoms with Crippen molar-refractivity contribution in [3.8, 4) is 5.75 Å². The van der Waals surface area contributed by atoms with Crippen LogP contribution in [0.1, 0.15) is 24.3 Å². The quantitative estimate of drug-likeness (QED) is 0.190. The van der Waals surface area contributed by atoms with Crippen LogP contribution in [0, 0.1) is 6.92 Å². The number of amides is 1. The molecule has 1 unspecified atom stereocenters. The molecule has 194 valence electrons. The highest BCUT2D eigenvalue weighted by molar-refractivity contribution is 7.92. The number of aryl methyl sites for hydroxylation is 1. The summed E-state index contributed by atoms with van der Waals surface area (Å²) < 4.78 is 34.0. The minimum absolute atomic E-state index is 0.00758. The van der Waals surface area contributed by atoms with E-state index in [2.05, 4.69) is 25.6 Å². The summed E-state index contributed by atoms with van der Waals surface area (Å²) in [5.74, 6) is 0.427. The van der Waals surface area contributed by atoms with Crippen molar-refractivity contribution >= 4 is 38.2 Å². The van der Waals surface area contributed by atoms with Crippen LogP contribution in [0.2, 0.25) is 0 Å². The van der Waals surface area contributed by atoms with E-state index >= 15 is 0 Å². The summed E-state index contributed by atoms with van der Waals surface area (Å²) in [6.45, 7) is 4.46. The topological polar surface area (TPSA) is 145 Å². The zero-order valence-corrected chi connectivity index (χ0v) is 21.3. The Morgan fingerprint density at radius 2 is 1.86 bits per heavy atom. The molecular weight excluding hydrogens is 494 g/mol. The average Bonchev–Trinajstić information content (AvgIpc) is 3.23. The van der Waals surface area contributed by atoms with E-state index < -0.39 is 16.1 Å². The predicted molar refractivity (Wildman–Crippen MR) is 142 cm³/mol. The Kier molecular flexibility index (Phi) is 8.07. The van der Waals surface area contributed by atoms with Gasteiger partial charge in [0.2, 0.25) is 5.91 Å². The number of aromatic amines is 1. The van der Waals surface area contributed by atoms with Crippen LogP contribution in [0.15, 0.2) is 71.6 Å². The summed E-state index contributed by atoms with van der Waals surface area (Å²) in [7, 11) is -3.90. The maximum atomic E-state index is 12.8. The number of rotatable bonds is 11. The molecule has 0 spiro atoms. The predicted octanol–water partition coefficient (Wildman–Crippen LogP) is 3.33. The molecule has 1 aromatic heterocycles. The largest absolute Gasteiger partial charge is 0.492 e. The van der Waals surface area contributed by atoms with Crippen LogP contribution in [0.3, 0.4) is 0 Å². The fourth-order valence-corrected chi connectivity index (χ4v) is 4.89. The standard InChI is InChI=1S/C26H29N5O5S/c1-17-24-10-9-22(15-25(24)30-29-17)36-12-11-27-16-26(33)19-5-3-7-21(13-19)31-37(34,35)23-8-4-6-20(14-23)28-18(2)32/h3-10,13-15,26-27,31,33H,11-12,16H2,1-2H3,(H,28,32)(H,29,30). The van der Waals surface area contributed by atoms with Crippen molar-refractivity contribution in [3.05, 3.63) is 78.0 Å². The summed E-state index contributed by atoms with van der Waals surface area (Å²) in [6.07, 6.45) is -0.850. The lowest BCUT2D eigenvalue weighted by Crippen LogP contribution is -2.26. The third-order valence-electron chi connectivity index (χ3n) is 5.60. The Bertz CT molecular complexity index is 1500. The SMILES string of the molecule is CC(=O)Nc1cccc(S(=O)(=O)Nc2cccc(C(O)CNCCOc3ccc4c(C)n[nH]c4c3)c2)c1. The van der Waals surface area contributed by atoms with Crippen LogP contribution in [0.4, 0.5) is 11.4 Å². The van der Waals surface area contributed by atoms with Gasteiger partial charge < -0.3 is 20.5 Å². The van der Waals surface area contributed by atoms with E-state index in [9.17, 15) is 18.3 Å². The van der Waals surface area contributed by atoms with Gasteiger partial charge in [-0.2, -0.15) is 5.10 Å². The molecule has 0 bridgehead atoms. The van der Waals surface area contributed by atoms with E-state index in [0.29, 0.717) is 30.1 Å². The molecule has 3 aromatic carbocycles. The molecule has 4 rings (SSSR count). The van der Waals surface area contributed by atoms with Gasteiger partial charge in [0.1, 0.15) is 12.4 Å². The Labute approximate surface area is 215 Å². The second kappa shape index (κ2) is 11.4. The maximum absolute atomic E-state index is 12.8. The average molecular weight is 524 g/mol. The van der Waals surface area contributed by atoms with Crippen molar-refractivity contribution < 1.29 is 23.1 Å². The lowest BCUT2D eigenvalue weighted by atomic mass is 10.1. The number of aliphatic hydroxyl groups is 1. The lowest BCUT2D eigenvalue weighted by molar-refractivity contribution is -0.114. The smallest absolute Gasteiger partial charge is 0.261 e. The van der Waals surface area contributed by atoms with Crippen LogP contribution in [-0.2, 0) is 14.8 Å². The van der Waals surface area contributed by atoms with Crippen molar-refractivity contribution in [1.82, 2.24) is 15.5 Å². The van der Waals surface area contributed by atoms with Gasteiger partial charge in [-0.3, -0.25) is 14.6 Å². The lowest BCUT2D eigenvalue weighted by Gasteiger charge is -2.15. The highest BCUT2D eigenvalue weighted by Gasteiger charge is 2.16. The maximum Gasteiger partial charge on any atom is 0.261 e. The van der Waals surface area contributed by atoms with Gasteiger partial charge in [-0.25, -0.2) is 8.42 Å². The number of nitrogens with one attached hydrogen (secondary N) is 4. The number of fused-ring (bicyclic) bond motifs is 1. The van der Waals surface area contributed by atoms with Gasteiger partial charge in [-0.1, -0.05) is 18.2 Å². The van der Waals surface area contributed by atoms with E-state index in [-0.39, 0.29) is 17.3 Å². The normalized spacial score (nSPS) is 12.3. The van der Waals surface area contributed by atoms with Crippen molar-refractivity contribution in [3.63, 3.8) is 0 Å². The molecule has 0 aliphatic carbocycles. The number of anilines is 2. The van der Waals surface area contributed by atoms with Crippen molar-refractivity contribution in [2.45, 2.75) is 24.8 Å². The minimum Gasteiger partial charge on any atom is -0.492 e. The Hall–Kier alpha value is -3.93. The molecule has 37 heavy (non-hydrogen) atoms. The number of aliphatic hydroxyl groups excluding tert-OH is 1. The number of H-pyrrole nitrogens is 1. The van der Waals surface area contributed by atoms with E-state index in [1.807, 2.05) is 25.1 Å². The first-order valence-corrected chi connectivity index (χ1v) is 13.2. The highest BCUT2D eigenvalue weighted by Crippen LogP contribution is 2.23. The summed E-state index contributed by atoms with van der Waals surface area (Å²) in [6, 6.07) is 18.3. The van der Waals surface area contributed by atoms with Crippen LogP contribution in [0.5, 0.6) is 5.75 Å². The molecular formula is C26H29N5O5S. The van der Waals surface area contributed by atoms with Gasteiger partial charge in [-0.15, -0.1) is 0 Å². The number of nitrogens with zero attached hydrogens (tertiary/aromatic N) is 1. The fourth-order valence-electron chi connectivity index (χ4n) is 3.79. The molecule has 0 radical (unpaired) electrons. The van der Waals surface area contributed by atoms with Crippen LogP contribution < -0.4 is 20.1 Å².